The molecule has 0 radical (unpaired) electrons. The van der Waals surface area contributed by atoms with Crippen LogP contribution in [0.3, 0.4) is 0 Å². The number of hydrazine groups is 1. The second-order valence-electron chi connectivity index (χ2n) is 6.88. The van der Waals surface area contributed by atoms with Gasteiger partial charge >= 0.3 is 0 Å². The summed E-state index contributed by atoms with van der Waals surface area (Å²) in [5.74, 6) is 1.12. The normalized spacial score (nSPS) is 10.4. The summed E-state index contributed by atoms with van der Waals surface area (Å²) in [5, 5.41) is 3.16. The van der Waals surface area contributed by atoms with Crippen LogP contribution in [0.1, 0.15) is 35.7 Å². The summed E-state index contributed by atoms with van der Waals surface area (Å²) < 4.78 is 26.5. The zero-order valence-electron chi connectivity index (χ0n) is 18.8. The van der Waals surface area contributed by atoms with Crippen molar-refractivity contribution in [3.05, 3.63) is 47.5 Å². The van der Waals surface area contributed by atoms with Crippen LogP contribution in [0.5, 0.6) is 17.2 Å². The van der Waals surface area contributed by atoms with Gasteiger partial charge in [0.25, 0.3) is 5.91 Å². The van der Waals surface area contributed by atoms with Gasteiger partial charge in [-0.1, -0.05) is 26.0 Å². The molecule has 0 unspecified atom stereocenters. The number of ether oxygens (including phenoxy) is 5. The Hall–Kier alpha value is -3.08. The van der Waals surface area contributed by atoms with Gasteiger partial charge in [-0.05, 0) is 41.9 Å². The monoisotopic (exact) mass is 463 g/mol. The maximum Gasteiger partial charge on any atom is 0.273 e. The number of nitrogens with one attached hydrogen (secondary N) is 3. The van der Waals surface area contributed by atoms with Gasteiger partial charge in [-0.25, -0.2) is 0 Å². The minimum atomic E-state index is -0.444. The molecule has 2 aromatic carbocycles. The van der Waals surface area contributed by atoms with E-state index in [4.69, 9.17) is 35.9 Å². The van der Waals surface area contributed by atoms with E-state index < -0.39 is 5.91 Å². The average Bonchev–Trinajstić information content (AvgIpc) is 2.79. The molecule has 1 amide bonds. The number of rotatable bonds is 10. The Morgan fingerprint density at radius 3 is 2.22 bits per heavy atom. The summed E-state index contributed by atoms with van der Waals surface area (Å²) in [7, 11) is 4.59. The molecule has 0 fully saturated rings. The third-order valence-corrected chi connectivity index (χ3v) is 4.49. The predicted molar refractivity (Wildman–Crippen MR) is 125 cm³/mol. The van der Waals surface area contributed by atoms with E-state index in [1.807, 2.05) is 26.0 Å². The van der Waals surface area contributed by atoms with Gasteiger partial charge < -0.3 is 29.0 Å². The average molecular weight is 464 g/mol. The van der Waals surface area contributed by atoms with Crippen molar-refractivity contribution in [2.75, 3.05) is 40.2 Å². The van der Waals surface area contributed by atoms with Crippen LogP contribution in [0.4, 0.5) is 5.69 Å². The number of anilines is 1. The van der Waals surface area contributed by atoms with Gasteiger partial charge in [-0.15, -0.1) is 0 Å². The molecule has 32 heavy (non-hydrogen) atoms. The Labute approximate surface area is 193 Å². The largest absolute Gasteiger partial charge is 0.495 e. The number of hydrogen-bond acceptors (Lipinski definition) is 7. The lowest BCUT2D eigenvalue weighted by Crippen LogP contribution is -2.44. The van der Waals surface area contributed by atoms with Crippen molar-refractivity contribution in [1.82, 2.24) is 10.9 Å². The highest BCUT2D eigenvalue weighted by Gasteiger charge is 2.20. The van der Waals surface area contributed by atoms with E-state index in [0.717, 1.165) is 5.56 Å². The fourth-order valence-corrected chi connectivity index (χ4v) is 2.94. The van der Waals surface area contributed by atoms with Crippen LogP contribution < -0.4 is 30.4 Å². The summed E-state index contributed by atoms with van der Waals surface area (Å²) >= 11 is 5.27. The van der Waals surface area contributed by atoms with Crippen molar-refractivity contribution < 1.29 is 28.5 Å². The molecule has 0 saturated heterocycles. The van der Waals surface area contributed by atoms with E-state index in [0.29, 0.717) is 28.5 Å². The minimum Gasteiger partial charge on any atom is -0.495 e. The van der Waals surface area contributed by atoms with Gasteiger partial charge in [0.2, 0.25) is 0 Å². The zero-order chi connectivity index (χ0) is 23.5. The second-order valence-corrected chi connectivity index (χ2v) is 7.28. The number of thiocarbonyl (C=S) groups is 1. The molecule has 174 valence electrons. The minimum absolute atomic E-state index is 0.0355. The Balaban J connectivity index is 2.19. The van der Waals surface area contributed by atoms with Gasteiger partial charge in [0.15, 0.2) is 18.7 Å². The van der Waals surface area contributed by atoms with Crippen LogP contribution in [-0.4, -0.2) is 45.9 Å². The summed E-state index contributed by atoms with van der Waals surface area (Å²) in [6.45, 7) is 4.03. The van der Waals surface area contributed by atoms with Crippen molar-refractivity contribution in [2.24, 2.45) is 0 Å². The van der Waals surface area contributed by atoms with E-state index in [-0.39, 0.29) is 24.6 Å². The lowest BCUT2D eigenvalue weighted by Gasteiger charge is -2.19. The highest BCUT2D eigenvalue weighted by molar-refractivity contribution is 7.80. The topological polar surface area (TPSA) is 99.3 Å². The smallest absolute Gasteiger partial charge is 0.273 e. The van der Waals surface area contributed by atoms with Crippen LogP contribution >= 0.6 is 12.2 Å². The van der Waals surface area contributed by atoms with Gasteiger partial charge in [-0.2, -0.15) is 0 Å². The third-order valence-electron chi connectivity index (χ3n) is 4.29. The highest BCUT2D eigenvalue weighted by Crippen LogP contribution is 2.34. The van der Waals surface area contributed by atoms with Crippen molar-refractivity contribution in [3.63, 3.8) is 0 Å². The van der Waals surface area contributed by atoms with Crippen LogP contribution in [0.15, 0.2) is 36.4 Å². The molecule has 9 nitrogen and oxygen atoms in total. The molecule has 3 N–H and O–H groups in total. The number of carbonyl (C=O) groups is 1. The first-order valence-corrected chi connectivity index (χ1v) is 10.2. The molecule has 0 aliphatic rings. The first-order chi connectivity index (χ1) is 15.4. The Morgan fingerprint density at radius 1 is 0.938 bits per heavy atom. The number of benzene rings is 2. The van der Waals surface area contributed by atoms with E-state index in [9.17, 15) is 4.79 Å². The molecule has 10 heteroatoms. The molecule has 0 aliphatic carbocycles. The highest BCUT2D eigenvalue weighted by atomic mass is 32.1. The SMILES string of the molecule is COCOc1cc(OCOC)c(C(C)C)cc1C(=O)NNC(=S)Nc1ccccc1OC. The van der Waals surface area contributed by atoms with Crippen LogP contribution in [0, 0.1) is 0 Å². The van der Waals surface area contributed by atoms with Crippen molar-refractivity contribution >= 4 is 28.9 Å². The molecule has 2 aromatic rings. The maximum absolute atomic E-state index is 12.9. The number of hydrogen-bond donors (Lipinski definition) is 3. The maximum atomic E-state index is 12.9. The summed E-state index contributed by atoms with van der Waals surface area (Å²) in [5.41, 5.74) is 7.05. The number of amides is 1. The van der Waals surface area contributed by atoms with Crippen molar-refractivity contribution in [3.8, 4) is 17.2 Å². The summed E-state index contributed by atoms with van der Waals surface area (Å²) in [6, 6.07) is 10.6. The molecular formula is C22H29N3O6S. The quantitative estimate of drug-likeness (QED) is 0.278. The molecule has 0 heterocycles. The Bertz CT molecular complexity index is 923. The Kier molecular flexibility index (Phi) is 9.99. The van der Waals surface area contributed by atoms with Crippen LogP contribution in [0.25, 0.3) is 0 Å². The fourth-order valence-electron chi connectivity index (χ4n) is 2.78. The third kappa shape index (κ3) is 6.98. The molecule has 0 aliphatic heterocycles. The lowest BCUT2D eigenvalue weighted by atomic mass is 9.98. The van der Waals surface area contributed by atoms with Gasteiger partial charge in [0.1, 0.15) is 17.2 Å². The van der Waals surface area contributed by atoms with E-state index in [2.05, 4.69) is 16.2 Å². The predicted octanol–water partition coefficient (Wildman–Crippen LogP) is 3.42. The second kappa shape index (κ2) is 12.7. The molecule has 0 atom stereocenters. The van der Waals surface area contributed by atoms with E-state index in [1.54, 1.807) is 31.4 Å². The number of carbonyl (C=O) groups excluding carboxylic acids is 1. The molecular weight excluding hydrogens is 434 g/mol. The van der Waals surface area contributed by atoms with Gasteiger partial charge in [-0.3, -0.25) is 15.6 Å². The lowest BCUT2D eigenvalue weighted by molar-refractivity contribution is 0.0449. The zero-order valence-corrected chi connectivity index (χ0v) is 19.6. The standard InChI is InChI=1S/C22H29N3O6S/c1-14(2)15-10-16(20(31-13-28-4)11-19(15)30-12-27-3)21(26)24-25-22(32)23-17-8-6-7-9-18(17)29-5/h6-11,14H,12-13H2,1-5H3,(H,24,26)(H2,23,25,32). The van der Waals surface area contributed by atoms with Crippen molar-refractivity contribution in [1.29, 1.82) is 0 Å². The number of methoxy groups -OCH3 is 3. The molecule has 2 rings (SSSR count). The van der Waals surface area contributed by atoms with E-state index >= 15 is 0 Å². The molecule has 0 saturated carbocycles. The van der Waals surface area contributed by atoms with Gasteiger partial charge in [0.05, 0.1) is 18.4 Å². The Morgan fingerprint density at radius 2 is 1.59 bits per heavy atom. The van der Waals surface area contributed by atoms with Gasteiger partial charge in [0, 0.05) is 20.3 Å². The van der Waals surface area contributed by atoms with Crippen LogP contribution in [0.2, 0.25) is 0 Å². The number of para-hydroxylation sites is 2. The van der Waals surface area contributed by atoms with Crippen molar-refractivity contribution in [2.45, 2.75) is 19.8 Å². The van der Waals surface area contributed by atoms with Crippen LogP contribution in [-0.2, 0) is 9.47 Å². The summed E-state index contributed by atoms with van der Waals surface area (Å²) in [4.78, 5) is 12.9. The molecule has 0 aromatic heterocycles. The first-order valence-electron chi connectivity index (χ1n) is 9.83. The molecule has 0 bridgehead atoms. The molecule has 0 spiro atoms. The fraction of sp³-hybridized carbons (Fsp3) is 0.364. The summed E-state index contributed by atoms with van der Waals surface area (Å²) in [6.07, 6.45) is 0. The van der Waals surface area contributed by atoms with E-state index in [1.165, 1.54) is 14.2 Å². The first kappa shape index (κ1) is 25.2.